The summed E-state index contributed by atoms with van der Waals surface area (Å²) in [4.78, 5) is 2.27. The van der Waals surface area contributed by atoms with Gasteiger partial charge < -0.3 is 15.4 Å². The average molecular weight is 222 g/mol. The maximum Gasteiger partial charge on any atom is 0.153 e. The number of allylic oxidation sites excluding steroid dienone is 1. The Morgan fingerprint density at radius 1 is 1.44 bits per heavy atom. The molecule has 2 atom stereocenters. The van der Waals surface area contributed by atoms with E-state index >= 15 is 0 Å². The van der Waals surface area contributed by atoms with Gasteiger partial charge >= 0.3 is 0 Å². The van der Waals surface area contributed by atoms with Gasteiger partial charge in [-0.3, -0.25) is 0 Å². The summed E-state index contributed by atoms with van der Waals surface area (Å²) < 4.78 is 5.53. The lowest BCUT2D eigenvalue weighted by Crippen LogP contribution is -2.48. The first-order valence-electron chi connectivity index (χ1n) is 5.56. The molecule has 2 heterocycles. The summed E-state index contributed by atoms with van der Waals surface area (Å²) in [6.07, 6.45) is 4.15. The molecule has 2 aliphatic rings. The van der Waals surface area contributed by atoms with Gasteiger partial charge in [0, 0.05) is 18.5 Å². The number of rotatable bonds is 2. The van der Waals surface area contributed by atoms with Crippen molar-refractivity contribution in [1.82, 2.24) is 4.90 Å². The Balaban J connectivity index is 2.24. The summed E-state index contributed by atoms with van der Waals surface area (Å²) in [5.41, 5.74) is 6.43. The Bertz CT molecular complexity index is 317. The molecular weight excluding hydrogens is 204 g/mol. The Kier molecular flexibility index (Phi) is 3.24. The van der Waals surface area contributed by atoms with Gasteiger partial charge in [-0.25, -0.2) is 0 Å². The number of hydrogen-bond acceptors (Lipinski definition) is 4. The third-order valence-corrected chi connectivity index (χ3v) is 3.03. The van der Waals surface area contributed by atoms with Crippen LogP contribution in [-0.2, 0) is 4.74 Å². The summed E-state index contributed by atoms with van der Waals surface area (Å²) in [5.74, 6) is 0.811. The van der Waals surface area contributed by atoms with Crippen LogP contribution in [0.1, 0.15) is 19.8 Å². The van der Waals surface area contributed by atoms with E-state index < -0.39 is 0 Å². The summed E-state index contributed by atoms with van der Waals surface area (Å²) in [5, 5.41) is 7.69. The van der Waals surface area contributed by atoms with Crippen molar-refractivity contribution in [2.75, 3.05) is 13.2 Å². The van der Waals surface area contributed by atoms with E-state index in [0.29, 0.717) is 12.1 Å². The molecule has 0 radical (unpaired) electrons. The first-order valence-corrected chi connectivity index (χ1v) is 5.56. The number of fused-ring (bicyclic) bond motifs is 2. The van der Waals surface area contributed by atoms with Crippen LogP contribution in [0.15, 0.2) is 22.0 Å². The van der Waals surface area contributed by atoms with E-state index in [0.717, 1.165) is 37.6 Å². The largest absolute Gasteiger partial charge is 0.402 e. The lowest BCUT2D eigenvalue weighted by Gasteiger charge is -2.35. The molecule has 2 N–H and O–H groups in total. The summed E-state index contributed by atoms with van der Waals surface area (Å²) in [6.45, 7) is 6.79. The van der Waals surface area contributed by atoms with E-state index in [1.165, 1.54) is 0 Å². The van der Waals surface area contributed by atoms with Crippen LogP contribution in [0.5, 0.6) is 0 Å². The first-order chi connectivity index (χ1) is 7.72. The van der Waals surface area contributed by atoms with Crippen molar-refractivity contribution < 1.29 is 4.74 Å². The molecule has 2 saturated heterocycles. The standard InChI is InChI=1S/C11H18N4O/c1-8(12)5-11(14-13-2)15-9-3-4-10(15)7-16-6-9/h5,9-10H,2-4,6-7,12H2,1H3/t9-,10?/m0/s1. The Morgan fingerprint density at radius 3 is 2.56 bits per heavy atom. The van der Waals surface area contributed by atoms with Crippen LogP contribution in [0.2, 0.25) is 0 Å². The number of nitrogens with two attached hydrogens (primary N) is 1. The minimum absolute atomic E-state index is 0.412. The van der Waals surface area contributed by atoms with Gasteiger partial charge in [0.1, 0.15) is 0 Å². The van der Waals surface area contributed by atoms with Gasteiger partial charge in [0.05, 0.1) is 25.3 Å². The van der Waals surface area contributed by atoms with E-state index in [1.54, 1.807) is 0 Å². The lowest BCUT2D eigenvalue weighted by atomic mass is 10.2. The molecule has 0 aliphatic carbocycles. The van der Waals surface area contributed by atoms with Gasteiger partial charge in [-0.1, -0.05) is 0 Å². The van der Waals surface area contributed by atoms with E-state index in [2.05, 4.69) is 21.8 Å². The van der Waals surface area contributed by atoms with E-state index in [1.807, 2.05) is 13.0 Å². The highest BCUT2D eigenvalue weighted by Crippen LogP contribution is 2.29. The zero-order chi connectivity index (χ0) is 11.5. The minimum atomic E-state index is 0.412. The number of amidine groups is 1. The van der Waals surface area contributed by atoms with Gasteiger partial charge in [0.2, 0.25) is 0 Å². The SMILES string of the molecule is C=NN=C(C=C(C)N)N1C2CC[C@H]1COC2. The number of ether oxygens (including phenoxy) is 1. The maximum absolute atomic E-state index is 5.70. The molecule has 0 amide bonds. The fourth-order valence-corrected chi connectivity index (χ4v) is 2.43. The van der Waals surface area contributed by atoms with Crippen LogP contribution in [0, 0.1) is 0 Å². The molecule has 2 fully saturated rings. The fourth-order valence-electron chi connectivity index (χ4n) is 2.43. The molecule has 0 aromatic heterocycles. The summed E-state index contributed by atoms with van der Waals surface area (Å²) >= 11 is 0. The predicted octanol–water partition coefficient (Wildman–Crippen LogP) is 0.726. The number of nitrogens with zero attached hydrogens (tertiary/aromatic N) is 3. The third kappa shape index (κ3) is 2.09. The molecule has 2 rings (SSSR count). The molecular formula is C11H18N4O. The van der Waals surface area contributed by atoms with Crippen LogP contribution in [0.25, 0.3) is 0 Å². The van der Waals surface area contributed by atoms with Crippen LogP contribution in [0.4, 0.5) is 0 Å². The summed E-state index contributed by atoms with van der Waals surface area (Å²) in [7, 11) is 0. The first kappa shape index (κ1) is 11.1. The van der Waals surface area contributed by atoms with Crippen molar-refractivity contribution in [3.63, 3.8) is 0 Å². The zero-order valence-corrected chi connectivity index (χ0v) is 9.59. The second-order valence-corrected chi connectivity index (χ2v) is 4.32. The van der Waals surface area contributed by atoms with Crippen LogP contribution in [-0.4, -0.2) is 42.8 Å². The average Bonchev–Trinajstić information content (AvgIpc) is 2.47. The Morgan fingerprint density at radius 2 is 2.06 bits per heavy atom. The van der Waals surface area contributed by atoms with Gasteiger partial charge in [-0.15, -0.1) is 5.10 Å². The van der Waals surface area contributed by atoms with E-state index in [9.17, 15) is 0 Å². The Labute approximate surface area is 95.7 Å². The summed E-state index contributed by atoms with van der Waals surface area (Å²) in [6, 6.07) is 0.824. The zero-order valence-electron chi connectivity index (χ0n) is 9.59. The highest BCUT2D eigenvalue weighted by Gasteiger charge is 2.38. The van der Waals surface area contributed by atoms with Crippen molar-refractivity contribution in [3.8, 4) is 0 Å². The molecule has 1 unspecified atom stereocenters. The van der Waals surface area contributed by atoms with Gasteiger partial charge in [-0.2, -0.15) is 5.10 Å². The molecule has 0 aromatic carbocycles. The molecule has 0 spiro atoms. The predicted molar refractivity (Wildman–Crippen MR) is 64.4 cm³/mol. The molecule has 0 saturated carbocycles. The fraction of sp³-hybridized carbons (Fsp3) is 0.636. The topological polar surface area (TPSA) is 63.2 Å². The second-order valence-electron chi connectivity index (χ2n) is 4.32. The third-order valence-electron chi connectivity index (χ3n) is 3.03. The quantitative estimate of drug-likeness (QED) is 0.425. The van der Waals surface area contributed by atoms with Crippen molar-refractivity contribution in [3.05, 3.63) is 11.8 Å². The van der Waals surface area contributed by atoms with Crippen molar-refractivity contribution in [2.45, 2.75) is 31.8 Å². The molecule has 16 heavy (non-hydrogen) atoms. The van der Waals surface area contributed by atoms with Crippen molar-refractivity contribution in [1.29, 1.82) is 0 Å². The Hall–Kier alpha value is -1.36. The van der Waals surface area contributed by atoms with Crippen LogP contribution in [0.3, 0.4) is 0 Å². The van der Waals surface area contributed by atoms with E-state index in [4.69, 9.17) is 10.5 Å². The van der Waals surface area contributed by atoms with E-state index in [-0.39, 0.29) is 0 Å². The van der Waals surface area contributed by atoms with Gasteiger partial charge in [0.15, 0.2) is 5.84 Å². The number of hydrogen-bond donors (Lipinski definition) is 1. The normalized spacial score (nSPS) is 30.7. The molecule has 5 nitrogen and oxygen atoms in total. The minimum Gasteiger partial charge on any atom is -0.402 e. The highest BCUT2D eigenvalue weighted by molar-refractivity contribution is 5.94. The van der Waals surface area contributed by atoms with Crippen molar-refractivity contribution in [2.24, 2.45) is 15.9 Å². The maximum atomic E-state index is 5.70. The molecule has 5 heteroatoms. The monoisotopic (exact) mass is 222 g/mol. The number of morpholine rings is 1. The van der Waals surface area contributed by atoms with Crippen LogP contribution >= 0.6 is 0 Å². The van der Waals surface area contributed by atoms with Crippen molar-refractivity contribution >= 4 is 12.6 Å². The highest BCUT2D eigenvalue weighted by atomic mass is 16.5. The smallest absolute Gasteiger partial charge is 0.153 e. The second kappa shape index (κ2) is 4.65. The molecule has 2 bridgehead atoms. The van der Waals surface area contributed by atoms with Gasteiger partial charge in [0.25, 0.3) is 0 Å². The molecule has 0 aromatic rings. The van der Waals surface area contributed by atoms with Crippen LogP contribution < -0.4 is 5.73 Å². The molecule has 2 aliphatic heterocycles. The molecule has 88 valence electrons. The lowest BCUT2D eigenvalue weighted by molar-refractivity contribution is 0.0208. The van der Waals surface area contributed by atoms with Gasteiger partial charge in [-0.05, 0) is 19.8 Å².